The molecule has 1 aliphatic heterocycles. The van der Waals surface area contributed by atoms with Gasteiger partial charge in [0.25, 0.3) is 0 Å². The van der Waals surface area contributed by atoms with E-state index in [1.807, 2.05) is 30.3 Å². The van der Waals surface area contributed by atoms with Crippen molar-refractivity contribution in [3.8, 4) is 5.75 Å². The molecule has 0 fully saturated rings. The fraction of sp³-hybridized carbons (Fsp3) is 0.235. The highest BCUT2D eigenvalue weighted by molar-refractivity contribution is 9.10. The van der Waals surface area contributed by atoms with E-state index in [1.165, 1.54) is 5.56 Å². The molecule has 0 bridgehead atoms. The van der Waals surface area contributed by atoms with Gasteiger partial charge >= 0.3 is 0 Å². The van der Waals surface area contributed by atoms with Crippen LogP contribution in [0.5, 0.6) is 5.75 Å². The summed E-state index contributed by atoms with van der Waals surface area (Å²) in [5, 5.41) is 0. The quantitative estimate of drug-likeness (QED) is 0.840. The van der Waals surface area contributed by atoms with Crippen molar-refractivity contribution >= 4 is 27.4 Å². The number of benzene rings is 2. The van der Waals surface area contributed by atoms with Crippen molar-refractivity contribution in [1.29, 1.82) is 0 Å². The number of hydrogen-bond donors (Lipinski definition) is 0. The Labute approximate surface area is 132 Å². The van der Waals surface area contributed by atoms with Gasteiger partial charge in [0.2, 0.25) is 0 Å². The summed E-state index contributed by atoms with van der Waals surface area (Å²) in [4.78, 5) is 14.2. The number of nitrogens with zero attached hydrogens (tertiary/aromatic N) is 1. The molecule has 4 heteroatoms. The average molecular weight is 346 g/mol. The number of ether oxygens (including phenoxy) is 1. The lowest BCUT2D eigenvalue weighted by atomic mass is 10.00. The summed E-state index contributed by atoms with van der Waals surface area (Å²) in [6.07, 6.45) is 0.578. The molecular weight excluding hydrogens is 330 g/mol. The normalized spacial score (nSPS) is 14.0. The molecule has 0 aromatic heterocycles. The zero-order valence-corrected chi connectivity index (χ0v) is 13.4. The third-order valence-corrected chi connectivity index (χ3v) is 4.36. The smallest absolute Gasteiger partial charge is 0.166 e. The number of Topliss-reactive ketones (excluding diaryl/α,β-unsaturated/α-hetero) is 1. The standard InChI is InChI=1S/C17H16BrNO2/c1-21-17-7-6-12(10-14(17)18)11-19-9-8-16(20)13-4-2-3-5-15(13)19/h2-7,10H,8-9,11H2,1H3. The molecule has 2 aromatic carbocycles. The second kappa shape index (κ2) is 5.90. The number of halogens is 1. The highest BCUT2D eigenvalue weighted by Gasteiger charge is 2.22. The highest BCUT2D eigenvalue weighted by Crippen LogP contribution is 2.30. The first kappa shape index (κ1) is 14.1. The van der Waals surface area contributed by atoms with Crippen LogP contribution in [0.3, 0.4) is 0 Å². The molecule has 0 saturated carbocycles. The Hall–Kier alpha value is -1.81. The molecule has 3 rings (SSSR count). The molecule has 2 aromatic rings. The molecule has 0 unspecified atom stereocenters. The van der Waals surface area contributed by atoms with Crippen LogP contribution in [0.2, 0.25) is 0 Å². The number of fused-ring (bicyclic) bond motifs is 1. The lowest BCUT2D eigenvalue weighted by Crippen LogP contribution is -2.31. The van der Waals surface area contributed by atoms with Crippen LogP contribution in [-0.2, 0) is 6.54 Å². The van der Waals surface area contributed by atoms with Gasteiger partial charge in [-0.05, 0) is 45.8 Å². The third kappa shape index (κ3) is 2.81. The van der Waals surface area contributed by atoms with E-state index in [0.717, 1.165) is 34.6 Å². The first-order chi connectivity index (χ1) is 10.2. The predicted octanol–water partition coefficient (Wildman–Crippen LogP) is 4.05. The Bertz CT molecular complexity index is 684. The molecule has 1 aliphatic rings. The van der Waals surface area contributed by atoms with Gasteiger partial charge in [0, 0.05) is 30.8 Å². The Morgan fingerprint density at radius 2 is 2.05 bits per heavy atom. The molecule has 0 N–H and O–H groups in total. The largest absolute Gasteiger partial charge is 0.496 e. The molecule has 108 valence electrons. The summed E-state index contributed by atoms with van der Waals surface area (Å²) in [6.45, 7) is 1.55. The van der Waals surface area contributed by atoms with E-state index in [4.69, 9.17) is 4.74 Å². The maximum atomic E-state index is 12.0. The molecule has 21 heavy (non-hydrogen) atoms. The fourth-order valence-corrected chi connectivity index (χ4v) is 3.26. The van der Waals surface area contributed by atoms with Gasteiger partial charge in [-0.1, -0.05) is 18.2 Å². The molecule has 0 radical (unpaired) electrons. The minimum absolute atomic E-state index is 0.234. The van der Waals surface area contributed by atoms with Crippen molar-refractivity contribution in [2.75, 3.05) is 18.6 Å². The highest BCUT2D eigenvalue weighted by atomic mass is 79.9. The van der Waals surface area contributed by atoms with Gasteiger partial charge in [-0.25, -0.2) is 0 Å². The molecule has 3 nitrogen and oxygen atoms in total. The van der Waals surface area contributed by atoms with Gasteiger partial charge < -0.3 is 9.64 Å². The Morgan fingerprint density at radius 3 is 2.81 bits per heavy atom. The van der Waals surface area contributed by atoms with Gasteiger partial charge in [0.15, 0.2) is 5.78 Å². The first-order valence-corrected chi connectivity index (χ1v) is 7.68. The Kier molecular flexibility index (Phi) is 3.97. The molecule has 0 saturated heterocycles. The van der Waals surface area contributed by atoms with Crippen LogP contribution >= 0.6 is 15.9 Å². The van der Waals surface area contributed by atoms with E-state index in [-0.39, 0.29) is 5.78 Å². The second-order valence-electron chi connectivity index (χ2n) is 5.08. The van der Waals surface area contributed by atoms with E-state index in [1.54, 1.807) is 7.11 Å². The summed E-state index contributed by atoms with van der Waals surface area (Å²) in [5.41, 5.74) is 3.05. The number of carbonyl (C=O) groups excluding carboxylic acids is 1. The number of methoxy groups -OCH3 is 1. The van der Waals surface area contributed by atoms with Crippen LogP contribution in [0, 0.1) is 0 Å². The zero-order chi connectivity index (χ0) is 14.8. The number of hydrogen-bond acceptors (Lipinski definition) is 3. The maximum absolute atomic E-state index is 12.0. The van der Waals surface area contributed by atoms with Gasteiger partial charge in [0.1, 0.15) is 5.75 Å². The molecule has 0 spiro atoms. The lowest BCUT2D eigenvalue weighted by molar-refractivity contribution is 0.0979. The topological polar surface area (TPSA) is 29.5 Å². The lowest BCUT2D eigenvalue weighted by Gasteiger charge is -2.30. The summed E-state index contributed by atoms with van der Waals surface area (Å²) in [5.74, 6) is 1.06. The third-order valence-electron chi connectivity index (χ3n) is 3.74. The zero-order valence-electron chi connectivity index (χ0n) is 11.8. The summed E-state index contributed by atoms with van der Waals surface area (Å²) < 4.78 is 6.20. The average Bonchev–Trinajstić information content (AvgIpc) is 2.51. The van der Waals surface area contributed by atoms with Crippen molar-refractivity contribution < 1.29 is 9.53 Å². The van der Waals surface area contributed by atoms with Crippen LogP contribution < -0.4 is 9.64 Å². The van der Waals surface area contributed by atoms with Crippen LogP contribution in [0.25, 0.3) is 0 Å². The molecule has 0 atom stereocenters. The van der Waals surface area contributed by atoms with Crippen molar-refractivity contribution in [2.45, 2.75) is 13.0 Å². The number of ketones is 1. The maximum Gasteiger partial charge on any atom is 0.166 e. The monoisotopic (exact) mass is 345 g/mol. The summed E-state index contributed by atoms with van der Waals surface area (Å²) in [6, 6.07) is 13.9. The number of para-hydroxylation sites is 1. The van der Waals surface area contributed by atoms with Crippen molar-refractivity contribution in [3.05, 3.63) is 58.1 Å². The summed E-state index contributed by atoms with van der Waals surface area (Å²) in [7, 11) is 1.66. The van der Waals surface area contributed by atoms with Gasteiger partial charge in [0.05, 0.1) is 11.6 Å². The second-order valence-corrected chi connectivity index (χ2v) is 5.94. The fourth-order valence-electron chi connectivity index (χ4n) is 2.67. The minimum Gasteiger partial charge on any atom is -0.496 e. The van der Waals surface area contributed by atoms with E-state index >= 15 is 0 Å². The van der Waals surface area contributed by atoms with Crippen LogP contribution in [0.15, 0.2) is 46.9 Å². The predicted molar refractivity (Wildman–Crippen MR) is 87.1 cm³/mol. The van der Waals surface area contributed by atoms with E-state index in [0.29, 0.717) is 6.42 Å². The van der Waals surface area contributed by atoms with E-state index in [9.17, 15) is 4.79 Å². The number of carbonyl (C=O) groups is 1. The Morgan fingerprint density at radius 1 is 1.24 bits per heavy atom. The summed E-state index contributed by atoms with van der Waals surface area (Å²) >= 11 is 3.52. The molecule has 0 amide bonds. The number of anilines is 1. The van der Waals surface area contributed by atoms with Crippen molar-refractivity contribution in [2.24, 2.45) is 0 Å². The SMILES string of the molecule is COc1ccc(CN2CCC(=O)c3ccccc32)cc1Br. The van der Waals surface area contributed by atoms with Crippen LogP contribution in [0.4, 0.5) is 5.69 Å². The molecule has 1 heterocycles. The van der Waals surface area contributed by atoms with Gasteiger partial charge in [-0.3, -0.25) is 4.79 Å². The van der Waals surface area contributed by atoms with Crippen LogP contribution in [0.1, 0.15) is 22.3 Å². The number of rotatable bonds is 3. The molecular formula is C17H16BrNO2. The van der Waals surface area contributed by atoms with Crippen LogP contribution in [-0.4, -0.2) is 19.4 Å². The van der Waals surface area contributed by atoms with E-state index < -0.39 is 0 Å². The molecule has 0 aliphatic carbocycles. The first-order valence-electron chi connectivity index (χ1n) is 6.88. The minimum atomic E-state index is 0.234. The van der Waals surface area contributed by atoms with Gasteiger partial charge in [-0.15, -0.1) is 0 Å². The van der Waals surface area contributed by atoms with Gasteiger partial charge in [-0.2, -0.15) is 0 Å². The van der Waals surface area contributed by atoms with E-state index in [2.05, 4.69) is 33.0 Å². The van der Waals surface area contributed by atoms with Crippen molar-refractivity contribution in [1.82, 2.24) is 0 Å². The Balaban J connectivity index is 1.87. The van der Waals surface area contributed by atoms with Crippen molar-refractivity contribution in [3.63, 3.8) is 0 Å².